The SMILES string of the molecule is CCOc1cc(N2CCCC(n3ccc(C(=O)O)n3)C2)nc(C)n1. The number of carboxylic acids is 1. The third-order valence-electron chi connectivity index (χ3n) is 4.02. The minimum atomic E-state index is -1.01. The van der Waals surface area contributed by atoms with Crippen LogP contribution in [0.25, 0.3) is 0 Å². The molecule has 1 aliphatic rings. The predicted molar refractivity (Wildman–Crippen MR) is 87.6 cm³/mol. The van der Waals surface area contributed by atoms with Gasteiger partial charge >= 0.3 is 5.97 Å². The molecule has 8 heteroatoms. The van der Waals surface area contributed by atoms with Crippen LogP contribution in [0.5, 0.6) is 5.88 Å². The van der Waals surface area contributed by atoms with E-state index in [1.165, 1.54) is 6.07 Å². The van der Waals surface area contributed by atoms with Gasteiger partial charge in [-0.3, -0.25) is 4.68 Å². The van der Waals surface area contributed by atoms with E-state index in [1.807, 2.05) is 19.9 Å². The van der Waals surface area contributed by atoms with E-state index >= 15 is 0 Å². The third-order valence-corrected chi connectivity index (χ3v) is 4.02. The summed E-state index contributed by atoms with van der Waals surface area (Å²) in [5.41, 5.74) is 0.0728. The lowest BCUT2D eigenvalue weighted by molar-refractivity contribution is 0.0689. The van der Waals surface area contributed by atoms with Crippen molar-refractivity contribution in [1.29, 1.82) is 0 Å². The quantitative estimate of drug-likeness (QED) is 0.894. The Kier molecular flexibility index (Phi) is 4.64. The van der Waals surface area contributed by atoms with Crippen molar-refractivity contribution in [2.45, 2.75) is 32.7 Å². The minimum absolute atomic E-state index is 0.0728. The van der Waals surface area contributed by atoms with E-state index in [1.54, 1.807) is 10.9 Å². The normalized spacial score (nSPS) is 17.8. The molecular weight excluding hydrogens is 310 g/mol. The Morgan fingerprint density at radius 1 is 1.46 bits per heavy atom. The van der Waals surface area contributed by atoms with Crippen LogP contribution >= 0.6 is 0 Å². The average molecular weight is 331 g/mol. The topological polar surface area (TPSA) is 93.4 Å². The molecule has 1 saturated heterocycles. The van der Waals surface area contributed by atoms with Gasteiger partial charge in [-0.2, -0.15) is 10.1 Å². The van der Waals surface area contributed by atoms with Gasteiger partial charge in [-0.1, -0.05) is 0 Å². The van der Waals surface area contributed by atoms with Crippen LogP contribution in [0, 0.1) is 6.92 Å². The van der Waals surface area contributed by atoms with Crippen molar-refractivity contribution >= 4 is 11.8 Å². The second-order valence-corrected chi connectivity index (χ2v) is 5.77. The molecule has 0 radical (unpaired) electrons. The number of carboxylic acid groups (broad SMARTS) is 1. The highest BCUT2D eigenvalue weighted by Crippen LogP contribution is 2.26. The van der Waals surface area contributed by atoms with Crippen molar-refractivity contribution in [3.05, 3.63) is 29.8 Å². The fourth-order valence-corrected chi connectivity index (χ4v) is 2.94. The van der Waals surface area contributed by atoms with Crippen LogP contribution in [-0.2, 0) is 0 Å². The second kappa shape index (κ2) is 6.86. The van der Waals surface area contributed by atoms with E-state index in [2.05, 4.69) is 20.0 Å². The van der Waals surface area contributed by atoms with Gasteiger partial charge in [-0.25, -0.2) is 9.78 Å². The molecule has 128 valence electrons. The van der Waals surface area contributed by atoms with Crippen LogP contribution in [0.2, 0.25) is 0 Å². The standard InChI is InChI=1S/C16H21N5O3/c1-3-24-15-9-14(17-11(2)18-15)20-7-4-5-12(10-20)21-8-6-13(19-21)16(22)23/h6,8-9,12H,3-5,7,10H2,1-2H3,(H,22,23). The van der Waals surface area contributed by atoms with Crippen molar-refractivity contribution < 1.29 is 14.6 Å². The smallest absolute Gasteiger partial charge is 0.356 e. The van der Waals surface area contributed by atoms with Gasteiger partial charge in [0.1, 0.15) is 11.6 Å². The van der Waals surface area contributed by atoms with Crippen LogP contribution in [0.3, 0.4) is 0 Å². The summed E-state index contributed by atoms with van der Waals surface area (Å²) in [4.78, 5) is 22.0. The Balaban J connectivity index is 1.78. The maximum absolute atomic E-state index is 11.0. The molecule has 2 aromatic heterocycles. The summed E-state index contributed by atoms with van der Waals surface area (Å²) < 4.78 is 7.24. The molecule has 1 unspecified atom stereocenters. The Labute approximate surface area is 140 Å². The molecule has 0 aliphatic carbocycles. The van der Waals surface area contributed by atoms with Gasteiger partial charge in [0, 0.05) is 25.4 Å². The first kappa shape index (κ1) is 16.2. The molecule has 24 heavy (non-hydrogen) atoms. The van der Waals surface area contributed by atoms with Gasteiger partial charge < -0.3 is 14.7 Å². The molecule has 2 aromatic rings. The summed E-state index contributed by atoms with van der Waals surface area (Å²) >= 11 is 0. The molecule has 3 heterocycles. The fourth-order valence-electron chi connectivity index (χ4n) is 2.94. The first-order valence-corrected chi connectivity index (χ1v) is 8.08. The summed E-state index contributed by atoms with van der Waals surface area (Å²) in [7, 11) is 0. The summed E-state index contributed by atoms with van der Waals surface area (Å²) in [5.74, 6) is 1.08. The number of ether oxygens (including phenoxy) is 1. The molecule has 0 spiro atoms. The second-order valence-electron chi connectivity index (χ2n) is 5.77. The molecule has 3 rings (SSSR count). The maximum Gasteiger partial charge on any atom is 0.356 e. The van der Waals surface area contributed by atoms with Crippen molar-refractivity contribution in [2.75, 3.05) is 24.6 Å². The van der Waals surface area contributed by atoms with E-state index in [-0.39, 0.29) is 11.7 Å². The van der Waals surface area contributed by atoms with Gasteiger partial charge in [-0.05, 0) is 32.8 Å². The number of hydrogen-bond acceptors (Lipinski definition) is 6. The highest BCUT2D eigenvalue weighted by Gasteiger charge is 2.24. The Bertz CT molecular complexity index is 730. The molecule has 1 aliphatic heterocycles. The molecular formula is C16H21N5O3. The zero-order valence-electron chi connectivity index (χ0n) is 13.8. The number of aromatic nitrogens is 4. The highest BCUT2D eigenvalue weighted by molar-refractivity contribution is 5.85. The van der Waals surface area contributed by atoms with E-state index < -0.39 is 5.97 Å². The molecule has 1 atom stereocenters. The largest absolute Gasteiger partial charge is 0.478 e. The first-order chi connectivity index (χ1) is 11.6. The lowest BCUT2D eigenvalue weighted by atomic mass is 10.1. The number of hydrogen-bond donors (Lipinski definition) is 1. The Morgan fingerprint density at radius 3 is 3.00 bits per heavy atom. The molecule has 0 bridgehead atoms. The number of aryl methyl sites for hydroxylation is 1. The van der Waals surface area contributed by atoms with Gasteiger partial charge in [0.25, 0.3) is 0 Å². The molecule has 1 N–H and O–H groups in total. The van der Waals surface area contributed by atoms with Crippen LogP contribution in [-0.4, -0.2) is 50.5 Å². The van der Waals surface area contributed by atoms with Gasteiger partial charge in [0.15, 0.2) is 5.69 Å². The van der Waals surface area contributed by atoms with E-state index in [4.69, 9.17) is 9.84 Å². The minimum Gasteiger partial charge on any atom is -0.478 e. The monoisotopic (exact) mass is 331 g/mol. The predicted octanol–water partition coefficient (Wildman–Crippen LogP) is 1.92. The fraction of sp³-hybridized carbons (Fsp3) is 0.500. The van der Waals surface area contributed by atoms with Crippen molar-refractivity contribution in [2.24, 2.45) is 0 Å². The maximum atomic E-state index is 11.0. The van der Waals surface area contributed by atoms with Crippen LogP contribution in [0.4, 0.5) is 5.82 Å². The lowest BCUT2D eigenvalue weighted by Crippen LogP contribution is -2.37. The molecule has 0 saturated carbocycles. The number of piperidine rings is 1. The van der Waals surface area contributed by atoms with E-state index in [0.29, 0.717) is 18.3 Å². The van der Waals surface area contributed by atoms with E-state index in [9.17, 15) is 4.79 Å². The van der Waals surface area contributed by atoms with Gasteiger partial charge in [0.05, 0.1) is 12.6 Å². The number of carbonyl (C=O) groups is 1. The molecule has 0 aromatic carbocycles. The van der Waals surface area contributed by atoms with Crippen LogP contribution in [0.1, 0.15) is 42.1 Å². The Morgan fingerprint density at radius 2 is 2.29 bits per heavy atom. The lowest BCUT2D eigenvalue weighted by Gasteiger charge is -2.33. The summed E-state index contributed by atoms with van der Waals surface area (Å²) in [6.45, 7) is 5.95. The van der Waals surface area contributed by atoms with Crippen molar-refractivity contribution in [1.82, 2.24) is 19.7 Å². The third kappa shape index (κ3) is 3.47. The first-order valence-electron chi connectivity index (χ1n) is 8.08. The number of anilines is 1. The van der Waals surface area contributed by atoms with E-state index in [0.717, 1.165) is 31.7 Å². The molecule has 8 nitrogen and oxygen atoms in total. The molecule has 1 fully saturated rings. The number of rotatable bonds is 5. The summed E-state index contributed by atoms with van der Waals surface area (Å²) in [6, 6.07) is 3.51. The van der Waals surface area contributed by atoms with Gasteiger partial charge in [0.2, 0.25) is 5.88 Å². The zero-order valence-corrected chi connectivity index (χ0v) is 13.8. The number of nitrogens with zero attached hydrogens (tertiary/aromatic N) is 5. The van der Waals surface area contributed by atoms with Crippen LogP contribution in [0.15, 0.2) is 18.3 Å². The Hall–Kier alpha value is -2.64. The summed E-state index contributed by atoms with van der Waals surface area (Å²) in [6.07, 6.45) is 3.67. The highest BCUT2D eigenvalue weighted by atomic mass is 16.5. The van der Waals surface area contributed by atoms with Crippen LogP contribution < -0.4 is 9.64 Å². The summed E-state index contributed by atoms with van der Waals surface area (Å²) in [5, 5.41) is 13.2. The number of aromatic carboxylic acids is 1. The average Bonchev–Trinajstić information content (AvgIpc) is 3.05. The molecule has 0 amide bonds. The van der Waals surface area contributed by atoms with Crippen molar-refractivity contribution in [3.63, 3.8) is 0 Å². The van der Waals surface area contributed by atoms with Crippen molar-refractivity contribution in [3.8, 4) is 5.88 Å². The van der Waals surface area contributed by atoms with Gasteiger partial charge in [-0.15, -0.1) is 0 Å². The zero-order chi connectivity index (χ0) is 17.1.